The first-order valence-electron chi connectivity index (χ1n) is 6.76. The zero-order valence-corrected chi connectivity index (χ0v) is 12.4. The molecule has 0 saturated carbocycles. The molecule has 0 saturated heterocycles. The van der Waals surface area contributed by atoms with E-state index in [1.807, 2.05) is 43.1 Å². The summed E-state index contributed by atoms with van der Waals surface area (Å²) in [5.41, 5.74) is 7.72. The molecule has 3 N–H and O–H groups in total. The zero-order valence-electron chi connectivity index (χ0n) is 12.4. The fraction of sp³-hybridized carbons (Fsp3) is 0.429. The number of nitrogens with zero attached hydrogens (tertiary/aromatic N) is 4. The minimum atomic E-state index is 0.707. The lowest BCUT2D eigenvalue weighted by Crippen LogP contribution is -2.24. The van der Waals surface area contributed by atoms with Gasteiger partial charge in [-0.3, -0.25) is 9.48 Å². The Morgan fingerprint density at radius 3 is 2.95 bits per heavy atom. The summed E-state index contributed by atoms with van der Waals surface area (Å²) in [5, 5.41) is 7.73. The van der Waals surface area contributed by atoms with Crippen LogP contribution in [0.5, 0.6) is 0 Å². The Labute approximate surface area is 119 Å². The third-order valence-corrected chi connectivity index (χ3v) is 2.99. The van der Waals surface area contributed by atoms with E-state index in [4.69, 9.17) is 5.73 Å². The number of nitrogens with two attached hydrogens (primary N) is 1. The molecule has 0 aromatic carbocycles. The predicted molar refractivity (Wildman–Crippen MR) is 83.5 cm³/mol. The normalized spacial score (nSPS) is 10.6. The average molecular weight is 275 g/mol. The highest BCUT2D eigenvalue weighted by atomic mass is 15.3. The molecular formula is C14H23N6+. The van der Waals surface area contributed by atoms with E-state index in [2.05, 4.69) is 28.7 Å². The molecule has 2 aromatic heterocycles. The van der Waals surface area contributed by atoms with Gasteiger partial charge in [0.2, 0.25) is 6.34 Å². The molecule has 20 heavy (non-hydrogen) atoms. The number of aromatic nitrogens is 2. The van der Waals surface area contributed by atoms with Gasteiger partial charge in [0.25, 0.3) is 0 Å². The molecule has 0 aliphatic heterocycles. The van der Waals surface area contributed by atoms with Crippen molar-refractivity contribution in [2.24, 2.45) is 0 Å². The number of anilines is 2. The van der Waals surface area contributed by atoms with Crippen LogP contribution in [0.3, 0.4) is 0 Å². The Morgan fingerprint density at radius 1 is 1.45 bits per heavy atom. The smallest absolute Gasteiger partial charge is 0.233 e. The van der Waals surface area contributed by atoms with E-state index in [0.29, 0.717) is 5.69 Å². The third-order valence-electron chi connectivity index (χ3n) is 2.99. The van der Waals surface area contributed by atoms with Gasteiger partial charge in [0, 0.05) is 19.2 Å². The summed E-state index contributed by atoms with van der Waals surface area (Å²) in [6, 6.07) is 5.87. The Kier molecular flexibility index (Phi) is 4.45. The molecule has 0 atom stereocenters. The van der Waals surface area contributed by atoms with Crippen molar-refractivity contribution in [3.63, 3.8) is 0 Å². The minimum Gasteiger partial charge on any atom is -0.394 e. The maximum absolute atomic E-state index is 6.08. The monoisotopic (exact) mass is 275 g/mol. The molecular weight excluding hydrogens is 252 g/mol. The van der Waals surface area contributed by atoms with Crippen LogP contribution in [-0.4, -0.2) is 59.7 Å². The molecule has 6 nitrogen and oxygen atoms in total. The number of hydrogen-bond acceptors (Lipinski definition) is 3. The van der Waals surface area contributed by atoms with Gasteiger partial charge >= 0.3 is 0 Å². The standard InChI is InChI=1S/C14H23N6/c1-18(2)11-19(3)9-6-8-16-14-13(15)12-7-4-5-10-20(12)17-14/h4-5,7,10-11H,6,8-9,15H2,1-3H3,(H,16,17)/q+1. The molecule has 0 unspecified atom stereocenters. The second-order valence-electron chi connectivity index (χ2n) is 5.13. The molecule has 0 bridgehead atoms. The Balaban J connectivity index is 1.87. The van der Waals surface area contributed by atoms with Crippen LogP contribution in [0.2, 0.25) is 0 Å². The zero-order chi connectivity index (χ0) is 14.5. The van der Waals surface area contributed by atoms with Crippen LogP contribution < -0.4 is 11.1 Å². The number of nitrogen functional groups attached to an aromatic ring is 1. The van der Waals surface area contributed by atoms with Gasteiger partial charge < -0.3 is 11.1 Å². The largest absolute Gasteiger partial charge is 0.394 e. The minimum absolute atomic E-state index is 0.707. The van der Waals surface area contributed by atoms with Crippen LogP contribution in [0.15, 0.2) is 24.4 Å². The van der Waals surface area contributed by atoms with Gasteiger partial charge in [0.15, 0.2) is 5.82 Å². The first-order chi connectivity index (χ1) is 9.58. The molecule has 2 rings (SSSR count). The highest BCUT2D eigenvalue weighted by molar-refractivity contribution is 5.80. The quantitative estimate of drug-likeness (QED) is 0.357. The van der Waals surface area contributed by atoms with Crippen molar-refractivity contribution in [3.8, 4) is 0 Å². The van der Waals surface area contributed by atoms with E-state index in [0.717, 1.165) is 30.8 Å². The van der Waals surface area contributed by atoms with E-state index < -0.39 is 0 Å². The van der Waals surface area contributed by atoms with E-state index in [-0.39, 0.29) is 0 Å². The van der Waals surface area contributed by atoms with Gasteiger partial charge in [-0.2, -0.15) is 0 Å². The maximum atomic E-state index is 6.08. The molecule has 0 radical (unpaired) electrons. The Morgan fingerprint density at radius 2 is 2.25 bits per heavy atom. The lowest BCUT2D eigenvalue weighted by Gasteiger charge is -2.08. The summed E-state index contributed by atoms with van der Waals surface area (Å²) < 4.78 is 3.83. The summed E-state index contributed by atoms with van der Waals surface area (Å²) in [5.74, 6) is 0.760. The lowest BCUT2D eigenvalue weighted by molar-refractivity contribution is -0.464. The number of hydrogen-bond donors (Lipinski definition) is 2. The van der Waals surface area contributed by atoms with E-state index in [1.54, 1.807) is 4.52 Å². The van der Waals surface area contributed by atoms with Crippen LogP contribution in [0, 0.1) is 0 Å². The van der Waals surface area contributed by atoms with Gasteiger partial charge in [0.1, 0.15) is 5.69 Å². The van der Waals surface area contributed by atoms with Crippen LogP contribution >= 0.6 is 0 Å². The fourth-order valence-corrected chi connectivity index (χ4v) is 2.14. The third kappa shape index (κ3) is 3.40. The number of fused-ring (bicyclic) bond motifs is 1. The van der Waals surface area contributed by atoms with Crippen molar-refractivity contribution < 1.29 is 4.58 Å². The molecule has 0 aliphatic rings. The molecule has 0 spiro atoms. The van der Waals surface area contributed by atoms with Gasteiger partial charge in [-0.05, 0) is 12.1 Å². The van der Waals surface area contributed by atoms with Crippen molar-refractivity contribution in [2.45, 2.75) is 6.42 Å². The molecule has 0 aliphatic carbocycles. The van der Waals surface area contributed by atoms with Gasteiger partial charge in [-0.1, -0.05) is 6.07 Å². The first kappa shape index (κ1) is 14.2. The fourth-order valence-electron chi connectivity index (χ4n) is 2.14. The summed E-state index contributed by atoms with van der Waals surface area (Å²) >= 11 is 0. The number of pyridine rings is 1. The second-order valence-corrected chi connectivity index (χ2v) is 5.13. The summed E-state index contributed by atoms with van der Waals surface area (Å²) in [4.78, 5) is 2.16. The molecule has 2 heterocycles. The second kappa shape index (κ2) is 6.27. The van der Waals surface area contributed by atoms with Crippen LogP contribution in [-0.2, 0) is 0 Å². The molecule has 6 heteroatoms. The summed E-state index contributed by atoms with van der Waals surface area (Å²) in [7, 11) is 6.11. The van der Waals surface area contributed by atoms with E-state index in [9.17, 15) is 0 Å². The number of rotatable bonds is 6. The van der Waals surface area contributed by atoms with Crippen LogP contribution in [0.4, 0.5) is 11.5 Å². The van der Waals surface area contributed by atoms with Gasteiger partial charge in [0.05, 0.1) is 33.2 Å². The lowest BCUT2D eigenvalue weighted by atomic mass is 10.3. The average Bonchev–Trinajstić information content (AvgIpc) is 2.71. The van der Waals surface area contributed by atoms with E-state index >= 15 is 0 Å². The van der Waals surface area contributed by atoms with Crippen molar-refractivity contribution in [2.75, 3.05) is 45.3 Å². The topological polar surface area (TPSA) is 61.6 Å². The van der Waals surface area contributed by atoms with Crippen LogP contribution in [0.1, 0.15) is 6.42 Å². The first-order valence-corrected chi connectivity index (χ1v) is 6.76. The molecule has 2 aromatic rings. The highest BCUT2D eigenvalue weighted by Gasteiger charge is 2.08. The SMILES string of the molecule is CN(C=[N+](C)C)CCCNc1nn2ccccc2c1N. The summed E-state index contributed by atoms with van der Waals surface area (Å²) in [6.07, 6.45) is 4.99. The predicted octanol–water partition coefficient (Wildman–Crippen LogP) is 0.951. The van der Waals surface area contributed by atoms with Gasteiger partial charge in [-0.25, -0.2) is 4.52 Å². The summed E-state index contributed by atoms with van der Waals surface area (Å²) in [6.45, 7) is 1.83. The van der Waals surface area contributed by atoms with Crippen LogP contribution in [0.25, 0.3) is 5.52 Å². The molecule has 0 fully saturated rings. The number of nitrogens with one attached hydrogen (secondary N) is 1. The highest BCUT2D eigenvalue weighted by Crippen LogP contribution is 2.22. The van der Waals surface area contributed by atoms with Crippen molar-refractivity contribution in [1.29, 1.82) is 0 Å². The maximum Gasteiger partial charge on any atom is 0.233 e. The van der Waals surface area contributed by atoms with E-state index in [1.165, 1.54) is 0 Å². The van der Waals surface area contributed by atoms with Gasteiger partial charge in [-0.15, -0.1) is 5.10 Å². The molecule has 108 valence electrons. The molecule has 0 amide bonds. The van der Waals surface area contributed by atoms with Crippen molar-refractivity contribution in [3.05, 3.63) is 24.4 Å². The van der Waals surface area contributed by atoms with Crippen molar-refractivity contribution >= 4 is 23.4 Å². The van der Waals surface area contributed by atoms with Crippen molar-refractivity contribution in [1.82, 2.24) is 14.5 Å². The Bertz CT molecular complexity index is 597. The Hall–Kier alpha value is -2.24.